The van der Waals surface area contributed by atoms with Gasteiger partial charge in [-0.1, -0.05) is 44.2 Å². The maximum absolute atomic E-state index is 15.6. The first-order valence-electron chi connectivity index (χ1n) is 14.0. The van der Waals surface area contributed by atoms with Gasteiger partial charge in [0.15, 0.2) is 11.5 Å². The quantitative estimate of drug-likeness (QED) is 0.334. The number of carbonyl (C=O) groups is 2. The molecule has 216 valence electrons. The van der Waals surface area contributed by atoms with Crippen molar-refractivity contribution in [2.75, 3.05) is 31.8 Å². The zero-order valence-corrected chi connectivity index (χ0v) is 23.5. The molecule has 41 heavy (non-hydrogen) atoms. The number of nitrogens with zero attached hydrogens (tertiary/aromatic N) is 1. The number of carboxylic acid groups (broad SMARTS) is 1. The van der Waals surface area contributed by atoms with E-state index in [2.05, 4.69) is 5.32 Å². The molecule has 1 saturated heterocycles. The van der Waals surface area contributed by atoms with Gasteiger partial charge in [-0.3, -0.25) is 14.5 Å². The van der Waals surface area contributed by atoms with Gasteiger partial charge in [0.25, 0.3) is 0 Å². The van der Waals surface area contributed by atoms with Crippen LogP contribution in [0.15, 0.2) is 54.6 Å². The van der Waals surface area contributed by atoms with Crippen LogP contribution in [0, 0.1) is 11.7 Å². The van der Waals surface area contributed by atoms with Gasteiger partial charge >= 0.3 is 5.97 Å². The van der Waals surface area contributed by atoms with Crippen molar-refractivity contribution >= 4 is 17.6 Å². The molecule has 0 spiro atoms. The number of carboxylic acids is 1. The number of amides is 1. The third kappa shape index (κ3) is 5.72. The number of anilines is 1. The number of aliphatic carboxylic acids is 1. The van der Waals surface area contributed by atoms with Crippen molar-refractivity contribution in [2.45, 2.75) is 45.6 Å². The third-order valence-corrected chi connectivity index (χ3v) is 7.92. The summed E-state index contributed by atoms with van der Waals surface area (Å²) in [7, 11) is 0. The molecule has 2 aliphatic heterocycles. The van der Waals surface area contributed by atoms with Crippen molar-refractivity contribution in [1.82, 2.24) is 4.90 Å². The Labute approximate surface area is 239 Å². The van der Waals surface area contributed by atoms with Crippen LogP contribution >= 0.6 is 0 Å². The summed E-state index contributed by atoms with van der Waals surface area (Å²) in [5, 5.41) is 13.6. The molecule has 3 atom stereocenters. The van der Waals surface area contributed by atoms with E-state index in [9.17, 15) is 14.7 Å². The maximum Gasteiger partial charge on any atom is 0.309 e. The molecule has 3 aromatic carbocycles. The monoisotopic (exact) mass is 562 g/mol. The lowest BCUT2D eigenvalue weighted by Crippen LogP contribution is -2.35. The molecule has 0 radical (unpaired) electrons. The van der Waals surface area contributed by atoms with Gasteiger partial charge in [-0.15, -0.1) is 0 Å². The summed E-state index contributed by atoms with van der Waals surface area (Å²) in [4.78, 5) is 28.1. The van der Waals surface area contributed by atoms with E-state index in [4.69, 9.17) is 14.2 Å². The summed E-state index contributed by atoms with van der Waals surface area (Å²) in [6, 6.07) is 14.9. The van der Waals surface area contributed by atoms with Crippen molar-refractivity contribution in [2.24, 2.45) is 5.92 Å². The van der Waals surface area contributed by atoms with Crippen LogP contribution in [0.3, 0.4) is 0 Å². The molecular weight excluding hydrogens is 527 g/mol. The third-order valence-electron chi connectivity index (χ3n) is 7.92. The summed E-state index contributed by atoms with van der Waals surface area (Å²) in [5.41, 5.74) is 3.77. The Balaban J connectivity index is 1.51. The number of ether oxygens (including phenoxy) is 3. The molecule has 3 aromatic rings. The van der Waals surface area contributed by atoms with E-state index in [1.54, 1.807) is 36.1 Å². The number of halogens is 1. The molecular formula is C32H35FN2O6. The van der Waals surface area contributed by atoms with Crippen molar-refractivity contribution in [1.29, 1.82) is 0 Å². The largest absolute Gasteiger partial charge is 0.494 e. The molecule has 2 N–H and O–H groups in total. The average Bonchev–Trinajstić information content (AvgIpc) is 3.58. The van der Waals surface area contributed by atoms with E-state index in [1.807, 2.05) is 38.1 Å². The van der Waals surface area contributed by atoms with Gasteiger partial charge in [0.1, 0.15) is 11.6 Å². The highest BCUT2D eigenvalue weighted by atomic mass is 19.1. The second kappa shape index (κ2) is 12.2. The Morgan fingerprint density at radius 1 is 1.02 bits per heavy atom. The number of nitrogens with one attached hydrogen (secondary N) is 1. The van der Waals surface area contributed by atoms with E-state index < -0.39 is 29.7 Å². The minimum absolute atomic E-state index is 0.0944. The normalized spacial score (nSPS) is 19.8. The molecule has 0 aliphatic carbocycles. The fraction of sp³-hybridized carbons (Fsp3) is 0.375. The van der Waals surface area contributed by atoms with Gasteiger partial charge in [-0.2, -0.15) is 0 Å². The fourth-order valence-electron chi connectivity index (χ4n) is 6.01. The molecule has 9 heteroatoms. The van der Waals surface area contributed by atoms with Gasteiger partial charge in [-0.05, 0) is 54.7 Å². The summed E-state index contributed by atoms with van der Waals surface area (Å²) in [5.74, 6) is -2.00. The van der Waals surface area contributed by atoms with Crippen molar-refractivity contribution in [3.8, 4) is 17.2 Å². The first kappa shape index (κ1) is 28.4. The van der Waals surface area contributed by atoms with Crippen LogP contribution in [0.25, 0.3) is 0 Å². The predicted molar refractivity (Wildman–Crippen MR) is 152 cm³/mol. The molecule has 2 aliphatic rings. The number of likely N-dealkylation sites (tertiary alicyclic amines) is 1. The van der Waals surface area contributed by atoms with Gasteiger partial charge in [0.2, 0.25) is 12.7 Å². The number of carbonyl (C=O) groups excluding carboxylic acids is 1. The molecule has 1 amide bonds. The molecule has 1 unspecified atom stereocenters. The number of benzene rings is 3. The van der Waals surface area contributed by atoms with Crippen molar-refractivity contribution < 1.29 is 33.3 Å². The summed E-state index contributed by atoms with van der Waals surface area (Å²) in [6.07, 6.45) is 1.50. The highest BCUT2D eigenvalue weighted by Gasteiger charge is 2.49. The van der Waals surface area contributed by atoms with Gasteiger partial charge in [0.05, 0.1) is 25.1 Å². The molecule has 5 rings (SSSR count). The number of aryl methyl sites for hydroxylation is 2. The van der Waals surface area contributed by atoms with Gasteiger partial charge in [-0.25, -0.2) is 4.39 Å². The van der Waals surface area contributed by atoms with E-state index in [1.165, 1.54) is 6.07 Å². The SMILES string of the molecule is CCOc1ccc([C@H]2C(C(=O)O)[C@@H](c3ccc4c(c3)OCO4)CN2CC(=O)Nc2c(CC)cccc2CC)c(F)c1. The highest BCUT2D eigenvalue weighted by Crippen LogP contribution is 2.48. The Morgan fingerprint density at radius 3 is 2.41 bits per heavy atom. The topological polar surface area (TPSA) is 97.3 Å². The lowest BCUT2D eigenvalue weighted by atomic mass is 9.82. The van der Waals surface area contributed by atoms with Crippen LogP contribution in [0.4, 0.5) is 10.1 Å². The van der Waals surface area contributed by atoms with E-state index in [-0.39, 0.29) is 31.4 Å². The summed E-state index contributed by atoms with van der Waals surface area (Å²) in [6.45, 7) is 6.46. The smallest absolute Gasteiger partial charge is 0.309 e. The number of fused-ring (bicyclic) bond motifs is 1. The number of rotatable bonds is 10. The Hall–Kier alpha value is -4.11. The Bertz CT molecular complexity index is 1420. The van der Waals surface area contributed by atoms with Crippen LogP contribution in [-0.4, -0.2) is 48.4 Å². The Morgan fingerprint density at radius 2 is 1.76 bits per heavy atom. The summed E-state index contributed by atoms with van der Waals surface area (Å²) >= 11 is 0. The standard InChI is InChI=1S/C32H35FN2O6/c1-4-19-8-7-9-20(5-2)30(19)34-28(36)17-35-16-24(21-10-13-26-27(14-21)41-18-40-26)29(32(37)38)31(35)23-12-11-22(39-6-3)15-25(23)33/h7-15,24,29,31H,4-6,16-18H2,1-3H3,(H,34,36)(H,37,38)/t24-,29?,31+/m1/s1. The van der Waals surface area contributed by atoms with Crippen LogP contribution < -0.4 is 19.5 Å². The minimum Gasteiger partial charge on any atom is -0.494 e. The average molecular weight is 563 g/mol. The zero-order valence-electron chi connectivity index (χ0n) is 23.5. The maximum atomic E-state index is 15.6. The molecule has 8 nitrogen and oxygen atoms in total. The van der Waals surface area contributed by atoms with Crippen molar-refractivity contribution in [3.63, 3.8) is 0 Å². The van der Waals surface area contributed by atoms with Crippen LogP contribution in [-0.2, 0) is 22.4 Å². The fourth-order valence-corrected chi connectivity index (χ4v) is 6.01. The van der Waals surface area contributed by atoms with Crippen LogP contribution in [0.1, 0.15) is 55.0 Å². The lowest BCUT2D eigenvalue weighted by Gasteiger charge is -2.27. The number of para-hydroxylation sites is 1. The lowest BCUT2D eigenvalue weighted by molar-refractivity contribution is -0.143. The highest BCUT2D eigenvalue weighted by molar-refractivity contribution is 5.94. The Kier molecular flexibility index (Phi) is 8.44. The first-order valence-corrected chi connectivity index (χ1v) is 14.0. The molecule has 1 fully saturated rings. The van der Waals surface area contributed by atoms with Crippen LogP contribution in [0.5, 0.6) is 17.2 Å². The second-order valence-electron chi connectivity index (χ2n) is 10.3. The van der Waals surface area contributed by atoms with E-state index in [0.29, 0.717) is 23.9 Å². The van der Waals surface area contributed by atoms with Gasteiger partial charge in [0, 0.05) is 29.8 Å². The van der Waals surface area contributed by atoms with Gasteiger partial charge < -0.3 is 24.6 Å². The summed E-state index contributed by atoms with van der Waals surface area (Å²) < 4.78 is 32.0. The molecule has 0 aromatic heterocycles. The first-order chi connectivity index (χ1) is 19.8. The minimum atomic E-state index is -1.07. The molecule has 0 saturated carbocycles. The second-order valence-corrected chi connectivity index (χ2v) is 10.3. The van der Waals surface area contributed by atoms with Crippen molar-refractivity contribution in [3.05, 3.63) is 82.7 Å². The number of hydrogen-bond acceptors (Lipinski definition) is 6. The predicted octanol–water partition coefficient (Wildman–Crippen LogP) is 5.56. The zero-order chi connectivity index (χ0) is 29.1. The van der Waals surface area contributed by atoms with E-state index in [0.717, 1.165) is 35.2 Å². The number of hydrogen-bond donors (Lipinski definition) is 2. The van der Waals surface area contributed by atoms with E-state index >= 15 is 4.39 Å². The molecule has 0 bridgehead atoms. The van der Waals surface area contributed by atoms with Crippen LogP contribution in [0.2, 0.25) is 0 Å². The molecule has 2 heterocycles.